The highest BCUT2D eigenvalue weighted by atomic mass is 16.6. The van der Waals surface area contributed by atoms with E-state index < -0.39 is 0 Å². The van der Waals surface area contributed by atoms with E-state index in [1.54, 1.807) is 6.20 Å². The van der Waals surface area contributed by atoms with Gasteiger partial charge in [0.1, 0.15) is 0 Å². The summed E-state index contributed by atoms with van der Waals surface area (Å²) in [4.78, 5) is 14.1. The van der Waals surface area contributed by atoms with Gasteiger partial charge in [-0.1, -0.05) is 26.0 Å². The van der Waals surface area contributed by atoms with Crippen LogP contribution in [-0.2, 0) is 11.4 Å². The fourth-order valence-corrected chi connectivity index (χ4v) is 1.43. The number of rotatable bonds is 5. The Kier molecular flexibility index (Phi) is 4.01. The van der Waals surface area contributed by atoms with E-state index >= 15 is 0 Å². The van der Waals surface area contributed by atoms with Gasteiger partial charge >= 0.3 is 0 Å². The maximum absolute atomic E-state index is 5.29. The second kappa shape index (κ2) is 5.70. The van der Waals surface area contributed by atoms with E-state index in [2.05, 4.69) is 29.3 Å². The number of para-hydroxylation sites is 2. The summed E-state index contributed by atoms with van der Waals surface area (Å²) in [5, 5.41) is 0. The van der Waals surface area contributed by atoms with Crippen molar-refractivity contribution >= 4 is 11.0 Å². The molecule has 0 bridgehead atoms. The maximum atomic E-state index is 5.29. The zero-order chi connectivity index (χ0) is 12.1. The standard InChI is InChI=1S/C13H17N3O/c1-10(2)9-17-15-8-11-7-14-12-5-3-4-6-13(12)16-11/h3-7,10,15H,8-9H2,1-2H3. The first-order valence-corrected chi connectivity index (χ1v) is 5.81. The molecule has 90 valence electrons. The van der Waals surface area contributed by atoms with Crippen molar-refractivity contribution in [2.24, 2.45) is 5.92 Å². The monoisotopic (exact) mass is 231 g/mol. The van der Waals surface area contributed by atoms with Crippen LogP contribution < -0.4 is 5.48 Å². The van der Waals surface area contributed by atoms with Gasteiger partial charge in [-0.05, 0) is 18.1 Å². The normalized spacial score (nSPS) is 11.2. The van der Waals surface area contributed by atoms with Crippen molar-refractivity contribution in [1.82, 2.24) is 15.4 Å². The molecule has 4 heteroatoms. The number of hydroxylamine groups is 1. The van der Waals surface area contributed by atoms with E-state index in [0.29, 0.717) is 19.1 Å². The lowest BCUT2D eigenvalue weighted by atomic mass is 10.2. The maximum Gasteiger partial charge on any atom is 0.0890 e. The summed E-state index contributed by atoms with van der Waals surface area (Å²) >= 11 is 0. The molecule has 1 aromatic carbocycles. The van der Waals surface area contributed by atoms with Crippen molar-refractivity contribution in [3.05, 3.63) is 36.2 Å². The fourth-order valence-electron chi connectivity index (χ4n) is 1.43. The lowest BCUT2D eigenvalue weighted by Crippen LogP contribution is -2.18. The molecule has 0 aliphatic heterocycles. The number of nitrogens with one attached hydrogen (secondary N) is 1. The molecule has 1 N–H and O–H groups in total. The van der Waals surface area contributed by atoms with Crippen LogP contribution in [0.5, 0.6) is 0 Å². The van der Waals surface area contributed by atoms with Crippen LogP contribution in [0.3, 0.4) is 0 Å². The molecule has 1 aromatic heterocycles. The highest BCUT2D eigenvalue weighted by molar-refractivity contribution is 5.73. The Morgan fingerprint density at radius 3 is 2.76 bits per heavy atom. The van der Waals surface area contributed by atoms with E-state index in [1.165, 1.54) is 0 Å². The molecule has 0 aliphatic rings. The van der Waals surface area contributed by atoms with Crippen LogP contribution in [-0.4, -0.2) is 16.6 Å². The SMILES string of the molecule is CC(C)CONCc1cnc2ccccc2n1. The molecule has 0 amide bonds. The highest BCUT2D eigenvalue weighted by Crippen LogP contribution is 2.08. The zero-order valence-electron chi connectivity index (χ0n) is 10.2. The van der Waals surface area contributed by atoms with E-state index in [1.807, 2.05) is 24.3 Å². The molecule has 2 rings (SSSR count). The van der Waals surface area contributed by atoms with Crippen LogP contribution >= 0.6 is 0 Å². The second-order valence-corrected chi connectivity index (χ2v) is 4.38. The van der Waals surface area contributed by atoms with E-state index in [0.717, 1.165) is 16.7 Å². The Morgan fingerprint density at radius 2 is 2.00 bits per heavy atom. The molecule has 0 fully saturated rings. The quantitative estimate of drug-likeness (QED) is 0.633. The van der Waals surface area contributed by atoms with E-state index in [4.69, 9.17) is 4.84 Å². The van der Waals surface area contributed by atoms with Crippen molar-refractivity contribution in [1.29, 1.82) is 0 Å². The van der Waals surface area contributed by atoms with Gasteiger partial charge in [-0.15, -0.1) is 0 Å². The molecule has 1 heterocycles. The van der Waals surface area contributed by atoms with Gasteiger partial charge in [0.15, 0.2) is 0 Å². The molecular formula is C13H17N3O. The van der Waals surface area contributed by atoms with Crippen LogP contribution in [0, 0.1) is 5.92 Å². The van der Waals surface area contributed by atoms with Crippen molar-refractivity contribution < 1.29 is 4.84 Å². The van der Waals surface area contributed by atoms with E-state index in [-0.39, 0.29) is 0 Å². The molecule has 2 aromatic rings. The Balaban J connectivity index is 1.95. The molecule has 0 atom stereocenters. The van der Waals surface area contributed by atoms with Gasteiger partial charge in [0.25, 0.3) is 0 Å². The third-order valence-electron chi connectivity index (χ3n) is 2.27. The summed E-state index contributed by atoms with van der Waals surface area (Å²) in [6, 6.07) is 7.83. The number of benzene rings is 1. The fraction of sp³-hybridized carbons (Fsp3) is 0.385. The lowest BCUT2D eigenvalue weighted by Gasteiger charge is -2.07. The Labute approximate surface area is 101 Å². The van der Waals surface area contributed by atoms with Crippen LogP contribution in [0.2, 0.25) is 0 Å². The predicted molar refractivity (Wildman–Crippen MR) is 67.2 cm³/mol. The molecule has 0 aliphatic carbocycles. The summed E-state index contributed by atoms with van der Waals surface area (Å²) in [7, 11) is 0. The van der Waals surface area contributed by atoms with Gasteiger partial charge in [0, 0.05) is 0 Å². The number of hydrogen-bond acceptors (Lipinski definition) is 4. The topological polar surface area (TPSA) is 47.0 Å². The van der Waals surface area contributed by atoms with Crippen LogP contribution in [0.25, 0.3) is 11.0 Å². The van der Waals surface area contributed by atoms with Gasteiger partial charge in [-0.25, -0.2) is 4.98 Å². The molecule has 0 radical (unpaired) electrons. The molecule has 0 saturated carbocycles. The van der Waals surface area contributed by atoms with Crippen LogP contribution in [0.1, 0.15) is 19.5 Å². The minimum atomic E-state index is 0.519. The molecular weight excluding hydrogens is 214 g/mol. The Morgan fingerprint density at radius 1 is 1.24 bits per heavy atom. The van der Waals surface area contributed by atoms with Gasteiger partial charge in [0.2, 0.25) is 0 Å². The Hall–Kier alpha value is -1.52. The smallest absolute Gasteiger partial charge is 0.0890 e. The second-order valence-electron chi connectivity index (χ2n) is 4.38. The van der Waals surface area contributed by atoms with E-state index in [9.17, 15) is 0 Å². The van der Waals surface area contributed by atoms with Crippen molar-refractivity contribution in [2.45, 2.75) is 20.4 Å². The number of nitrogens with zero attached hydrogens (tertiary/aromatic N) is 2. The first-order chi connectivity index (χ1) is 8.25. The predicted octanol–water partition coefficient (Wildman–Crippen LogP) is 2.31. The van der Waals surface area contributed by atoms with Gasteiger partial charge in [0.05, 0.1) is 36.1 Å². The third-order valence-corrected chi connectivity index (χ3v) is 2.27. The summed E-state index contributed by atoms with van der Waals surface area (Å²) in [5.41, 5.74) is 5.61. The first-order valence-electron chi connectivity index (χ1n) is 5.81. The number of aromatic nitrogens is 2. The van der Waals surface area contributed by atoms with Crippen molar-refractivity contribution in [2.75, 3.05) is 6.61 Å². The van der Waals surface area contributed by atoms with Crippen molar-refractivity contribution in [3.63, 3.8) is 0 Å². The number of hydrogen-bond donors (Lipinski definition) is 1. The van der Waals surface area contributed by atoms with Crippen LogP contribution in [0.15, 0.2) is 30.5 Å². The minimum Gasteiger partial charge on any atom is -0.301 e. The first kappa shape index (κ1) is 12.0. The van der Waals surface area contributed by atoms with Gasteiger partial charge in [-0.2, -0.15) is 5.48 Å². The molecule has 4 nitrogen and oxygen atoms in total. The minimum absolute atomic E-state index is 0.519. The molecule has 0 unspecified atom stereocenters. The molecule has 17 heavy (non-hydrogen) atoms. The summed E-state index contributed by atoms with van der Waals surface area (Å²) in [6.07, 6.45) is 1.77. The summed E-state index contributed by atoms with van der Waals surface area (Å²) < 4.78 is 0. The summed E-state index contributed by atoms with van der Waals surface area (Å²) in [6.45, 7) is 5.49. The zero-order valence-corrected chi connectivity index (χ0v) is 10.2. The van der Waals surface area contributed by atoms with Crippen LogP contribution in [0.4, 0.5) is 0 Å². The molecule has 0 spiro atoms. The lowest BCUT2D eigenvalue weighted by molar-refractivity contribution is 0.0190. The molecule has 0 saturated heterocycles. The number of fused-ring (bicyclic) bond motifs is 1. The Bertz CT molecular complexity index is 485. The largest absolute Gasteiger partial charge is 0.301 e. The van der Waals surface area contributed by atoms with Crippen molar-refractivity contribution in [3.8, 4) is 0 Å². The summed E-state index contributed by atoms with van der Waals surface area (Å²) in [5.74, 6) is 0.519. The third kappa shape index (κ3) is 3.47. The average Bonchev–Trinajstić information content (AvgIpc) is 2.34. The van der Waals surface area contributed by atoms with Gasteiger partial charge in [-0.3, -0.25) is 4.98 Å². The average molecular weight is 231 g/mol. The van der Waals surface area contributed by atoms with Gasteiger partial charge < -0.3 is 4.84 Å². The highest BCUT2D eigenvalue weighted by Gasteiger charge is 1.99.